The number of nitrogen functional groups attached to an aromatic ring is 1. The Morgan fingerprint density at radius 1 is 0.529 bits per heavy atom. The summed E-state index contributed by atoms with van der Waals surface area (Å²) in [5.41, 5.74) is 8.72. The second kappa shape index (κ2) is 14.5. The van der Waals surface area contributed by atoms with Crippen molar-refractivity contribution in [1.29, 1.82) is 0 Å². The van der Waals surface area contributed by atoms with Crippen LogP contribution in [-0.4, -0.2) is 0 Å². The molecule has 172 valence electrons. The van der Waals surface area contributed by atoms with Crippen LogP contribution in [0.15, 0.2) is 140 Å². The molecular weight excluding hydrogens is 547 g/mol. The zero-order valence-corrected chi connectivity index (χ0v) is 21.7. The van der Waals surface area contributed by atoms with Gasteiger partial charge in [-0.2, -0.15) is 0 Å². The molecule has 0 radical (unpaired) electrons. The Morgan fingerprint density at radius 2 is 0.941 bits per heavy atom. The summed E-state index contributed by atoms with van der Waals surface area (Å²) in [7, 11) is 4.04. The van der Waals surface area contributed by atoms with Gasteiger partial charge in [-0.3, -0.25) is 0 Å². The molecule has 0 heterocycles. The van der Waals surface area contributed by atoms with Gasteiger partial charge in [0, 0.05) is 0 Å². The van der Waals surface area contributed by atoms with E-state index in [1.807, 2.05) is 48.5 Å². The molecule has 0 fully saturated rings. The number of hydrogen-bond donors (Lipinski definition) is 1. The number of anilines is 1. The normalized spacial score (nSPS) is 9.88. The molecule has 0 unspecified atom stereocenters. The maximum absolute atomic E-state index is 5.83. The summed E-state index contributed by atoms with van der Waals surface area (Å²) in [6.07, 6.45) is 0. The number of nitrogens with two attached hydrogens (primary N) is 1. The molecule has 0 spiro atoms. The molecule has 0 aliphatic carbocycles. The predicted octanol–water partition coefficient (Wildman–Crippen LogP) is 6.87. The Morgan fingerprint density at radius 3 is 1.35 bits per heavy atom. The average molecular weight is 572 g/mol. The van der Waals surface area contributed by atoms with Crippen LogP contribution in [-0.2, 0) is 18.2 Å². The minimum atomic E-state index is -0.446. The first-order valence-electron chi connectivity index (χ1n) is 10.7. The van der Waals surface area contributed by atoms with Gasteiger partial charge in [0.1, 0.15) is 0 Å². The van der Waals surface area contributed by atoms with Gasteiger partial charge in [0.25, 0.3) is 0 Å². The summed E-state index contributed by atoms with van der Waals surface area (Å²) in [5, 5.41) is 4.19. The van der Waals surface area contributed by atoms with E-state index in [0.717, 1.165) is 16.8 Å². The van der Waals surface area contributed by atoms with Crippen LogP contribution in [0, 0.1) is 6.07 Å². The van der Waals surface area contributed by atoms with E-state index in [2.05, 4.69) is 125 Å². The maximum Gasteiger partial charge on any atom is -0.0134 e. The number of para-hydroxylation sites is 1. The number of benzene rings is 5. The van der Waals surface area contributed by atoms with Crippen molar-refractivity contribution in [1.82, 2.24) is 0 Å². The van der Waals surface area contributed by atoms with E-state index in [1.54, 1.807) is 0 Å². The molecule has 0 aliphatic heterocycles. The van der Waals surface area contributed by atoms with Gasteiger partial charge in [-0.15, -0.1) is 35.9 Å². The summed E-state index contributed by atoms with van der Waals surface area (Å²) in [4.78, 5) is 0. The van der Waals surface area contributed by atoms with Crippen LogP contribution in [0.1, 0.15) is 0 Å². The molecule has 2 N–H and O–H groups in total. The zero-order valence-electron chi connectivity index (χ0n) is 18.5. The van der Waals surface area contributed by atoms with Crippen LogP contribution < -0.4 is 21.6 Å². The van der Waals surface area contributed by atoms with Crippen molar-refractivity contribution >= 4 is 39.1 Å². The van der Waals surface area contributed by atoms with Crippen LogP contribution >= 0.6 is 17.5 Å². The van der Waals surface area contributed by atoms with E-state index in [-0.39, 0.29) is 0 Å². The first kappa shape index (κ1) is 25.9. The van der Waals surface area contributed by atoms with Crippen LogP contribution in [0.4, 0.5) is 5.69 Å². The topological polar surface area (TPSA) is 26.0 Å². The summed E-state index contributed by atoms with van der Waals surface area (Å²) >= 11 is 2.22. The van der Waals surface area contributed by atoms with Gasteiger partial charge in [-0.05, 0) is 35.6 Å². The van der Waals surface area contributed by atoms with E-state index in [1.165, 1.54) is 15.9 Å². The summed E-state index contributed by atoms with van der Waals surface area (Å²) < 4.78 is 0. The first-order valence-corrected chi connectivity index (χ1v) is 14.1. The van der Waals surface area contributed by atoms with Crippen LogP contribution in [0.25, 0.3) is 11.1 Å². The standard InChI is InChI=1S/C18H15P.C12H10N.ClH.Pd/c1-4-10-16(11-5-1)19(17-12-6-2-7-13-17)18-14-8-3-9-15-18;13-12-9-5-4-8-11(12)10-6-2-1-3-7-10;;/h1-15H;1-6,8-9H,13H2;1H;/q;-1;;+2/p-1. The molecule has 0 bridgehead atoms. The van der Waals surface area contributed by atoms with Crippen molar-refractivity contribution in [2.24, 2.45) is 0 Å². The second-order valence-electron chi connectivity index (χ2n) is 7.21. The molecule has 0 saturated carbocycles. The van der Waals surface area contributed by atoms with Crippen LogP contribution in [0.2, 0.25) is 0 Å². The smallest absolute Gasteiger partial charge is 0.0134 e. The summed E-state index contributed by atoms with van der Waals surface area (Å²) in [6.45, 7) is 0. The van der Waals surface area contributed by atoms with Crippen molar-refractivity contribution in [3.63, 3.8) is 0 Å². The molecule has 0 amide bonds. The van der Waals surface area contributed by atoms with Gasteiger partial charge in [-0.25, -0.2) is 0 Å². The fourth-order valence-electron chi connectivity index (χ4n) is 3.48. The van der Waals surface area contributed by atoms with Crippen molar-refractivity contribution < 1.29 is 18.2 Å². The summed E-state index contributed by atoms with van der Waals surface area (Å²) in [5.74, 6) is 0. The number of rotatable bonds is 4. The van der Waals surface area contributed by atoms with Gasteiger partial charge in [-0.1, -0.05) is 115 Å². The fourth-order valence-corrected chi connectivity index (χ4v) is 5.79. The monoisotopic (exact) mass is 571 g/mol. The summed E-state index contributed by atoms with van der Waals surface area (Å²) in [6, 6.07) is 51.1. The Bertz CT molecular complexity index is 1130. The molecule has 5 aromatic carbocycles. The van der Waals surface area contributed by atoms with Crippen molar-refractivity contribution in [2.75, 3.05) is 5.73 Å². The minimum absolute atomic E-state index is 0.446. The maximum atomic E-state index is 5.83. The largest absolute Gasteiger partial charge is 0.0622 e. The molecule has 5 rings (SSSR count). The molecule has 34 heavy (non-hydrogen) atoms. The van der Waals surface area contributed by atoms with Gasteiger partial charge in [0.15, 0.2) is 0 Å². The Balaban J connectivity index is 0.000000189. The fraction of sp³-hybridized carbons (Fsp3) is 0. The zero-order chi connectivity index (χ0) is 24.0. The van der Waals surface area contributed by atoms with E-state index in [9.17, 15) is 0 Å². The second-order valence-corrected chi connectivity index (χ2v) is 9.43. The third kappa shape index (κ3) is 7.39. The number of halogens is 1. The van der Waals surface area contributed by atoms with Crippen molar-refractivity contribution in [2.45, 2.75) is 0 Å². The van der Waals surface area contributed by atoms with Crippen LogP contribution in [0.5, 0.6) is 0 Å². The van der Waals surface area contributed by atoms with E-state index < -0.39 is 7.92 Å². The van der Waals surface area contributed by atoms with Gasteiger partial charge < -0.3 is 5.73 Å². The van der Waals surface area contributed by atoms with Crippen molar-refractivity contribution in [3.05, 3.63) is 146 Å². The SMILES string of the molecule is Nc1ccccc1-c1[c-]cccc1.[Cl][Pd+].c1ccc(P(c2ccccc2)c2ccccc2)cc1. The molecule has 4 heteroatoms. The molecule has 0 saturated heterocycles. The molecule has 5 aromatic rings. The van der Waals surface area contributed by atoms with Gasteiger partial charge >= 0.3 is 27.7 Å². The Hall–Kier alpha value is -2.72. The molecular formula is C30H25ClNPPd. The van der Waals surface area contributed by atoms with E-state index in [4.69, 9.17) is 5.73 Å². The third-order valence-corrected chi connectivity index (χ3v) is 7.45. The molecule has 0 atom stereocenters. The minimum Gasteiger partial charge on any atom is -0.0622 e. The molecule has 1 nitrogen and oxygen atoms in total. The third-order valence-electron chi connectivity index (χ3n) is 5.00. The predicted molar refractivity (Wildman–Crippen MR) is 146 cm³/mol. The van der Waals surface area contributed by atoms with Crippen molar-refractivity contribution in [3.8, 4) is 11.1 Å². The Labute approximate surface area is 218 Å². The van der Waals surface area contributed by atoms with Crippen LogP contribution in [0.3, 0.4) is 0 Å². The number of hydrogen-bond acceptors (Lipinski definition) is 1. The Kier molecular flexibility index (Phi) is 11.1. The molecule has 0 aromatic heterocycles. The quantitative estimate of drug-likeness (QED) is 0.108. The van der Waals surface area contributed by atoms with Gasteiger partial charge in [0.05, 0.1) is 0 Å². The van der Waals surface area contributed by atoms with E-state index in [0.29, 0.717) is 0 Å². The van der Waals surface area contributed by atoms with Gasteiger partial charge in [0.2, 0.25) is 0 Å². The van der Waals surface area contributed by atoms with E-state index >= 15 is 0 Å². The molecule has 0 aliphatic rings. The average Bonchev–Trinajstić information content (AvgIpc) is 2.93. The first-order chi connectivity index (χ1) is 16.8.